The Bertz CT molecular complexity index is 444. The van der Waals surface area contributed by atoms with Crippen LogP contribution in [0.4, 0.5) is 0 Å². The number of hydrogen-bond acceptors (Lipinski definition) is 2. The van der Waals surface area contributed by atoms with Gasteiger partial charge in [-0.15, -0.1) is 0 Å². The second kappa shape index (κ2) is 3.09. The molecule has 0 aromatic heterocycles. The summed E-state index contributed by atoms with van der Waals surface area (Å²) < 4.78 is 0. The lowest BCUT2D eigenvalue weighted by molar-refractivity contribution is -0.127. The molecule has 0 aromatic rings. The van der Waals surface area contributed by atoms with E-state index in [1.54, 1.807) is 0 Å². The molecular weight excluding hydrogens is 212 g/mol. The van der Waals surface area contributed by atoms with E-state index < -0.39 is 0 Å². The molecule has 0 N–H and O–H groups in total. The van der Waals surface area contributed by atoms with Gasteiger partial charge >= 0.3 is 0 Å². The number of fused-ring (bicyclic) bond motifs is 3. The second-order valence-electron chi connectivity index (χ2n) is 7.04. The first-order valence-electron chi connectivity index (χ1n) is 6.62. The molecule has 0 saturated heterocycles. The summed E-state index contributed by atoms with van der Waals surface area (Å²) in [4.78, 5) is 23.8. The summed E-state index contributed by atoms with van der Waals surface area (Å²) in [6.45, 7) is 6.55. The number of allylic oxidation sites excluding steroid dienone is 2. The summed E-state index contributed by atoms with van der Waals surface area (Å²) in [6, 6.07) is 0. The van der Waals surface area contributed by atoms with Gasteiger partial charge in [0, 0.05) is 11.3 Å². The molecule has 0 aromatic carbocycles. The van der Waals surface area contributed by atoms with Crippen LogP contribution in [0.1, 0.15) is 46.5 Å². The van der Waals surface area contributed by atoms with E-state index in [1.807, 2.05) is 0 Å². The van der Waals surface area contributed by atoms with E-state index in [0.717, 1.165) is 37.5 Å². The van der Waals surface area contributed by atoms with Gasteiger partial charge in [0.2, 0.25) is 0 Å². The van der Waals surface area contributed by atoms with Gasteiger partial charge in [-0.3, -0.25) is 9.59 Å². The van der Waals surface area contributed by atoms with Gasteiger partial charge in [-0.25, -0.2) is 0 Å². The normalized spacial score (nSPS) is 42.9. The molecule has 0 unspecified atom stereocenters. The minimum Gasteiger partial charge on any atom is -0.298 e. The van der Waals surface area contributed by atoms with Crippen molar-refractivity contribution >= 4 is 12.1 Å². The summed E-state index contributed by atoms with van der Waals surface area (Å²) >= 11 is 0. The molecule has 92 valence electrons. The average Bonchev–Trinajstić information content (AvgIpc) is 2.79. The maximum Gasteiger partial charge on any atom is 0.146 e. The van der Waals surface area contributed by atoms with E-state index in [9.17, 15) is 9.59 Å². The van der Waals surface area contributed by atoms with Crippen molar-refractivity contribution in [3.8, 4) is 0 Å². The van der Waals surface area contributed by atoms with E-state index in [2.05, 4.69) is 20.8 Å². The number of hydrogen-bond donors (Lipinski definition) is 0. The van der Waals surface area contributed by atoms with Crippen LogP contribution in [0.15, 0.2) is 11.1 Å². The molecule has 0 aliphatic heterocycles. The Hall–Kier alpha value is -0.920. The van der Waals surface area contributed by atoms with Crippen molar-refractivity contribution in [1.29, 1.82) is 0 Å². The molecule has 2 heteroatoms. The van der Waals surface area contributed by atoms with Crippen LogP contribution in [0.3, 0.4) is 0 Å². The number of ketones is 1. The molecule has 0 bridgehead atoms. The van der Waals surface area contributed by atoms with Crippen LogP contribution in [-0.2, 0) is 9.59 Å². The zero-order valence-corrected chi connectivity index (χ0v) is 10.9. The molecule has 17 heavy (non-hydrogen) atoms. The number of Topliss-reactive ketones (excluding diaryl/α,β-unsaturated/α-hetero) is 1. The zero-order valence-electron chi connectivity index (χ0n) is 10.9. The quantitative estimate of drug-likeness (QED) is 0.651. The fourth-order valence-corrected chi connectivity index (χ4v) is 4.58. The number of rotatable bonds is 1. The molecule has 2 fully saturated rings. The van der Waals surface area contributed by atoms with Crippen molar-refractivity contribution in [2.45, 2.75) is 46.5 Å². The van der Waals surface area contributed by atoms with Gasteiger partial charge in [0.05, 0.1) is 0 Å². The van der Waals surface area contributed by atoms with Gasteiger partial charge in [0.25, 0.3) is 0 Å². The topological polar surface area (TPSA) is 34.1 Å². The molecule has 2 nitrogen and oxygen atoms in total. The standard InChI is InChI=1S/C15H20O2/c1-14(2)6-10-11(7-14)13(17)15(3)5-4-9(8-16)12(10)15/h8,10-11H,4-7H2,1-3H3/t10-,11+,15+/m1/s1. The van der Waals surface area contributed by atoms with Crippen LogP contribution < -0.4 is 0 Å². The molecule has 3 aliphatic rings. The molecule has 0 amide bonds. The molecule has 0 radical (unpaired) electrons. The van der Waals surface area contributed by atoms with Crippen molar-refractivity contribution < 1.29 is 9.59 Å². The minimum absolute atomic E-state index is 0.195. The minimum atomic E-state index is -0.290. The first kappa shape index (κ1) is 11.2. The highest BCUT2D eigenvalue weighted by Crippen LogP contribution is 2.63. The molecule has 3 aliphatic carbocycles. The maximum atomic E-state index is 12.6. The van der Waals surface area contributed by atoms with Crippen molar-refractivity contribution in [2.75, 3.05) is 0 Å². The Morgan fingerprint density at radius 1 is 1.18 bits per heavy atom. The van der Waals surface area contributed by atoms with Crippen molar-refractivity contribution in [3.63, 3.8) is 0 Å². The SMILES string of the molecule is CC1(C)C[C@@H]2C(=O)[C@@]3(C)CCC(C=O)=C3[C@@H]2C1. The Morgan fingerprint density at radius 2 is 1.82 bits per heavy atom. The Kier molecular flexibility index (Phi) is 2.04. The van der Waals surface area contributed by atoms with Crippen LogP contribution >= 0.6 is 0 Å². The predicted molar refractivity (Wildman–Crippen MR) is 65.4 cm³/mol. The van der Waals surface area contributed by atoms with Crippen molar-refractivity contribution in [2.24, 2.45) is 22.7 Å². The summed E-state index contributed by atoms with van der Waals surface area (Å²) in [5.74, 6) is 0.977. The smallest absolute Gasteiger partial charge is 0.146 e. The maximum absolute atomic E-state index is 12.6. The average molecular weight is 232 g/mol. The van der Waals surface area contributed by atoms with Crippen LogP contribution in [0.25, 0.3) is 0 Å². The fourth-order valence-electron chi connectivity index (χ4n) is 4.58. The van der Waals surface area contributed by atoms with Crippen LogP contribution in [-0.4, -0.2) is 12.1 Å². The lowest BCUT2D eigenvalue weighted by Gasteiger charge is -2.25. The van der Waals surface area contributed by atoms with Gasteiger partial charge < -0.3 is 0 Å². The van der Waals surface area contributed by atoms with Crippen LogP contribution in [0, 0.1) is 22.7 Å². The number of aldehydes is 1. The first-order chi connectivity index (χ1) is 7.89. The van der Waals surface area contributed by atoms with Gasteiger partial charge in [-0.2, -0.15) is 0 Å². The summed E-state index contributed by atoms with van der Waals surface area (Å²) in [5.41, 5.74) is 2.12. The molecule has 3 atom stereocenters. The Morgan fingerprint density at radius 3 is 2.47 bits per heavy atom. The lowest BCUT2D eigenvalue weighted by Crippen LogP contribution is -2.26. The Labute approximate surface area is 102 Å². The second-order valence-corrected chi connectivity index (χ2v) is 7.04. The molecule has 2 saturated carbocycles. The molecule has 0 spiro atoms. The lowest BCUT2D eigenvalue weighted by atomic mass is 9.78. The van der Waals surface area contributed by atoms with Crippen LogP contribution in [0.2, 0.25) is 0 Å². The third-order valence-corrected chi connectivity index (χ3v) is 5.26. The van der Waals surface area contributed by atoms with E-state index in [4.69, 9.17) is 0 Å². The van der Waals surface area contributed by atoms with E-state index in [0.29, 0.717) is 11.7 Å². The highest BCUT2D eigenvalue weighted by atomic mass is 16.1. The zero-order chi connectivity index (χ0) is 12.4. The highest BCUT2D eigenvalue weighted by Gasteiger charge is 2.60. The fraction of sp³-hybridized carbons (Fsp3) is 0.733. The van der Waals surface area contributed by atoms with Gasteiger partial charge in [0.1, 0.15) is 12.1 Å². The summed E-state index contributed by atoms with van der Waals surface area (Å²) in [6.07, 6.45) is 4.75. The summed E-state index contributed by atoms with van der Waals surface area (Å²) in [7, 11) is 0. The number of carbonyl (C=O) groups is 2. The van der Waals surface area contributed by atoms with Gasteiger partial charge in [-0.1, -0.05) is 13.8 Å². The van der Waals surface area contributed by atoms with Gasteiger partial charge in [0.15, 0.2) is 0 Å². The third kappa shape index (κ3) is 1.27. The van der Waals surface area contributed by atoms with E-state index in [-0.39, 0.29) is 16.7 Å². The Balaban J connectivity index is 2.11. The monoisotopic (exact) mass is 232 g/mol. The molecule has 3 rings (SSSR count). The first-order valence-corrected chi connectivity index (χ1v) is 6.62. The molecule has 0 heterocycles. The predicted octanol–water partition coefficient (Wildman–Crippen LogP) is 2.92. The van der Waals surface area contributed by atoms with E-state index >= 15 is 0 Å². The number of carbonyl (C=O) groups excluding carboxylic acids is 2. The van der Waals surface area contributed by atoms with Crippen LogP contribution in [0.5, 0.6) is 0 Å². The summed E-state index contributed by atoms with van der Waals surface area (Å²) in [5, 5.41) is 0. The van der Waals surface area contributed by atoms with Crippen molar-refractivity contribution in [3.05, 3.63) is 11.1 Å². The largest absolute Gasteiger partial charge is 0.298 e. The van der Waals surface area contributed by atoms with Crippen molar-refractivity contribution in [1.82, 2.24) is 0 Å². The van der Waals surface area contributed by atoms with Gasteiger partial charge in [-0.05, 0) is 55.1 Å². The highest BCUT2D eigenvalue weighted by molar-refractivity contribution is 5.97. The molecular formula is C15H20O2. The van der Waals surface area contributed by atoms with E-state index in [1.165, 1.54) is 5.57 Å². The third-order valence-electron chi connectivity index (χ3n) is 5.26.